The van der Waals surface area contributed by atoms with Crippen molar-refractivity contribution in [2.24, 2.45) is 0 Å². The van der Waals surface area contributed by atoms with Gasteiger partial charge in [-0.05, 0) is 47.6 Å². The highest BCUT2D eigenvalue weighted by Crippen LogP contribution is 2.37. The maximum Gasteiger partial charge on any atom is 0.303 e. The van der Waals surface area contributed by atoms with Crippen LogP contribution >= 0.6 is 0 Å². The third-order valence-electron chi connectivity index (χ3n) is 3.99. The molecule has 0 aliphatic heterocycles. The number of ether oxygens (including phenoxy) is 1. The van der Waals surface area contributed by atoms with Crippen LogP contribution in [0, 0.1) is 0 Å². The number of carbonyl (C=O) groups is 1. The van der Waals surface area contributed by atoms with Crippen molar-refractivity contribution in [1.82, 2.24) is 0 Å². The van der Waals surface area contributed by atoms with Crippen LogP contribution < -0.4 is 4.74 Å². The standard InChI is InChI=1S/C18H18O3.C3H8/c19-18(20)11-15-7-6-14-10-16(8-9-17(14)15)21-12-13-4-2-1-3-5-13;1-3-2/h1-5,8-10,15H,6-7,11-12H2,(H,19,20);3H2,1-2H3. The summed E-state index contributed by atoms with van der Waals surface area (Å²) in [4.78, 5) is 10.9. The number of benzene rings is 2. The Kier molecular flexibility index (Phi) is 6.86. The van der Waals surface area contributed by atoms with E-state index >= 15 is 0 Å². The van der Waals surface area contributed by atoms with Crippen LogP contribution in [0.1, 0.15) is 55.7 Å². The van der Waals surface area contributed by atoms with Crippen LogP contribution in [0.15, 0.2) is 48.5 Å². The third-order valence-corrected chi connectivity index (χ3v) is 3.99. The molecule has 2 aromatic carbocycles. The zero-order valence-electron chi connectivity index (χ0n) is 14.5. The second-order valence-electron chi connectivity index (χ2n) is 6.18. The highest BCUT2D eigenvalue weighted by Gasteiger charge is 2.24. The van der Waals surface area contributed by atoms with Crippen LogP contribution in [0.4, 0.5) is 0 Å². The van der Waals surface area contributed by atoms with Crippen molar-refractivity contribution in [3.05, 3.63) is 65.2 Å². The molecule has 3 rings (SSSR count). The van der Waals surface area contributed by atoms with E-state index in [9.17, 15) is 4.79 Å². The van der Waals surface area contributed by atoms with E-state index in [0.29, 0.717) is 6.61 Å². The largest absolute Gasteiger partial charge is 0.489 e. The average molecular weight is 326 g/mol. The molecule has 3 nitrogen and oxygen atoms in total. The number of rotatable bonds is 5. The van der Waals surface area contributed by atoms with E-state index in [1.54, 1.807) is 0 Å². The molecule has 0 spiro atoms. The summed E-state index contributed by atoms with van der Waals surface area (Å²) in [6, 6.07) is 16.1. The minimum absolute atomic E-state index is 0.153. The zero-order chi connectivity index (χ0) is 17.4. The van der Waals surface area contributed by atoms with E-state index in [1.165, 1.54) is 17.5 Å². The van der Waals surface area contributed by atoms with Gasteiger partial charge in [0, 0.05) is 0 Å². The average Bonchev–Trinajstić information content (AvgIpc) is 2.96. The summed E-state index contributed by atoms with van der Waals surface area (Å²) in [7, 11) is 0. The highest BCUT2D eigenvalue weighted by atomic mass is 16.5. The van der Waals surface area contributed by atoms with Gasteiger partial charge >= 0.3 is 5.97 Å². The molecule has 1 N–H and O–H groups in total. The number of hydrogen-bond acceptors (Lipinski definition) is 2. The van der Waals surface area contributed by atoms with Crippen LogP contribution in [0.5, 0.6) is 5.75 Å². The van der Waals surface area contributed by atoms with Crippen LogP contribution in [-0.4, -0.2) is 11.1 Å². The van der Waals surface area contributed by atoms with Crippen LogP contribution in [0.3, 0.4) is 0 Å². The summed E-state index contributed by atoms with van der Waals surface area (Å²) in [6.45, 7) is 4.80. The van der Waals surface area contributed by atoms with E-state index in [-0.39, 0.29) is 12.3 Å². The van der Waals surface area contributed by atoms with E-state index < -0.39 is 5.97 Å². The van der Waals surface area contributed by atoms with Crippen molar-refractivity contribution in [2.75, 3.05) is 0 Å². The van der Waals surface area contributed by atoms with E-state index in [2.05, 4.69) is 19.9 Å². The molecule has 2 aromatic rings. The summed E-state index contributed by atoms with van der Waals surface area (Å²) >= 11 is 0. The molecule has 1 atom stereocenters. The van der Waals surface area contributed by atoms with Gasteiger partial charge in [-0.1, -0.05) is 56.7 Å². The van der Waals surface area contributed by atoms with Crippen molar-refractivity contribution in [3.63, 3.8) is 0 Å². The molecule has 3 heteroatoms. The molecule has 0 saturated heterocycles. The molecule has 24 heavy (non-hydrogen) atoms. The molecular formula is C21H26O3. The first-order chi connectivity index (χ1) is 11.6. The molecule has 0 fully saturated rings. The highest BCUT2D eigenvalue weighted by molar-refractivity contribution is 5.68. The molecule has 1 aliphatic carbocycles. The lowest BCUT2D eigenvalue weighted by molar-refractivity contribution is -0.137. The van der Waals surface area contributed by atoms with Crippen molar-refractivity contribution in [3.8, 4) is 5.75 Å². The molecule has 0 radical (unpaired) electrons. The van der Waals surface area contributed by atoms with Crippen LogP contribution in [-0.2, 0) is 17.8 Å². The van der Waals surface area contributed by atoms with E-state index in [4.69, 9.17) is 9.84 Å². The maximum atomic E-state index is 10.9. The van der Waals surface area contributed by atoms with Gasteiger partial charge in [0.1, 0.15) is 12.4 Å². The van der Waals surface area contributed by atoms with E-state index in [1.807, 2.05) is 42.5 Å². The molecule has 0 bridgehead atoms. The fraction of sp³-hybridized carbons (Fsp3) is 0.381. The van der Waals surface area contributed by atoms with Crippen molar-refractivity contribution < 1.29 is 14.6 Å². The molecule has 0 saturated carbocycles. The predicted molar refractivity (Wildman–Crippen MR) is 96.5 cm³/mol. The second kappa shape index (κ2) is 9.11. The first-order valence-corrected chi connectivity index (χ1v) is 8.65. The molecule has 128 valence electrons. The number of fused-ring (bicyclic) bond motifs is 1. The Morgan fingerprint density at radius 1 is 1.17 bits per heavy atom. The van der Waals surface area contributed by atoms with Gasteiger partial charge in [-0.2, -0.15) is 0 Å². The predicted octanol–water partition coefficient (Wildman–Crippen LogP) is 5.19. The van der Waals surface area contributed by atoms with Crippen molar-refractivity contribution >= 4 is 5.97 Å². The summed E-state index contributed by atoms with van der Waals surface area (Å²) in [5, 5.41) is 8.94. The maximum absolute atomic E-state index is 10.9. The number of aryl methyl sites for hydroxylation is 1. The number of carboxylic acids is 1. The lowest BCUT2D eigenvalue weighted by Gasteiger charge is -2.11. The molecule has 0 aromatic heterocycles. The zero-order valence-corrected chi connectivity index (χ0v) is 14.5. The minimum Gasteiger partial charge on any atom is -0.489 e. The van der Waals surface area contributed by atoms with Gasteiger partial charge in [0.15, 0.2) is 0 Å². The van der Waals surface area contributed by atoms with Gasteiger partial charge in [0.05, 0.1) is 6.42 Å². The van der Waals surface area contributed by atoms with Crippen molar-refractivity contribution in [2.45, 2.75) is 52.1 Å². The number of aliphatic carboxylic acids is 1. The SMILES string of the molecule is CCC.O=C(O)CC1CCc2cc(OCc3ccccc3)ccc21. The van der Waals surface area contributed by atoms with Gasteiger partial charge in [-0.25, -0.2) is 0 Å². The first-order valence-electron chi connectivity index (χ1n) is 8.65. The molecular weight excluding hydrogens is 300 g/mol. The molecule has 0 amide bonds. The Morgan fingerprint density at radius 2 is 1.88 bits per heavy atom. The summed E-state index contributed by atoms with van der Waals surface area (Å²) < 4.78 is 5.82. The molecule has 1 aliphatic rings. The summed E-state index contributed by atoms with van der Waals surface area (Å²) in [5.41, 5.74) is 3.54. The van der Waals surface area contributed by atoms with Gasteiger partial charge in [-0.3, -0.25) is 4.79 Å². The Morgan fingerprint density at radius 3 is 2.54 bits per heavy atom. The topological polar surface area (TPSA) is 46.5 Å². The number of hydrogen-bond donors (Lipinski definition) is 1. The second-order valence-corrected chi connectivity index (χ2v) is 6.18. The van der Waals surface area contributed by atoms with Gasteiger partial charge in [-0.15, -0.1) is 0 Å². The summed E-state index contributed by atoms with van der Waals surface area (Å²) in [6.07, 6.45) is 3.33. The molecule has 0 heterocycles. The van der Waals surface area contributed by atoms with Gasteiger partial charge in [0.2, 0.25) is 0 Å². The molecule has 1 unspecified atom stereocenters. The monoisotopic (exact) mass is 326 g/mol. The first kappa shape index (κ1) is 18.1. The fourth-order valence-electron chi connectivity index (χ4n) is 2.94. The smallest absolute Gasteiger partial charge is 0.303 e. The Labute approximate surface area is 144 Å². The van der Waals surface area contributed by atoms with Gasteiger partial charge in [0.25, 0.3) is 0 Å². The fourth-order valence-corrected chi connectivity index (χ4v) is 2.94. The number of carboxylic acid groups (broad SMARTS) is 1. The van der Waals surface area contributed by atoms with Crippen molar-refractivity contribution in [1.29, 1.82) is 0 Å². The third kappa shape index (κ3) is 5.12. The van der Waals surface area contributed by atoms with E-state index in [0.717, 1.165) is 24.2 Å². The lowest BCUT2D eigenvalue weighted by Crippen LogP contribution is -2.03. The van der Waals surface area contributed by atoms with Crippen LogP contribution in [0.2, 0.25) is 0 Å². The minimum atomic E-state index is -0.725. The Bertz CT molecular complexity index is 649. The summed E-state index contributed by atoms with van der Waals surface area (Å²) in [5.74, 6) is 0.284. The lowest BCUT2D eigenvalue weighted by atomic mass is 9.98. The Balaban J connectivity index is 0.000000647. The Hall–Kier alpha value is -2.29. The van der Waals surface area contributed by atoms with Gasteiger partial charge < -0.3 is 9.84 Å². The quantitative estimate of drug-likeness (QED) is 0.823. The van der Waals surface area contributed by atoms with Crippen LogP contribution in [0.25, 0.3) is 0 Å². The normalized spacial score (nSPS) is 15.2.